The molecular weight excluding hydrogens is 805 g/mol. The van der Waals surface area contributed by atoms with Crippen molar-refractivity contribution in [1.29, 1.82) is 0 Å². The number of benzene rings is 2. The van der Waals surface area contributed by atoms with E-state index >= 15 is 0 Å². The second-order valence-corrected chi connectivity index (χ2v) is 20.4. The molecule has 0 bridgehead atoms. The first-order chi connectivity index (χ1) is 30.7. The molecule has 2 N–H and O–H groups in total. The average molecular weight is 873 g/mol. The fraction of sp³-hybridized carbons (Fsp3) is 0.577. The van der Waals surface area contributed by atoms with Crippen LogP contribution in [-0.4, -0.2) is 96.7 Å². The maximum atomic E-state index is 14.0. The summed E-state index contributed by atoms with van der Waals surface area (Å²) >= 11 is 0. The van der Waals surface area contributed by atoms with Crippen LogP contribution >= 0.6 is 0 Å². The van der Waals surface area contributed by atoms with Gasteiger partial charge in [0.05, 0.1) is 26.3 Å². The van der Waals surface area contributed by atoms with Crippen LogP contribution in [0, 0.1) is 29.1 Å². The van der Waals surface area contributed by atoms with E-state index in [1.165, 1.54) is 79.7 Å². The predicted octanol–water partition coefficient (Wildman–Crippen LogP) is 9.01. The molecule has 4 amide bonds. The molecule has 4 aliphatic heterocycles. The van der Waals surface area contributed by atoms with Crippen molar-refractivity contribution in [3.05, 3.63) is 71.1 Å². The summed E-state index contributed by atoms with van der Waals surface area (Å²) in [4.78, 5) is 66.1. The fourth-order valence-electron chi connectivity index (χ4n) is 11.6. The third-order valence-electron chi connectivity index (χ3n) is 15.0. The van der Waals surface area contributed by atoms with Gasteiger partial charge in [-0.1, -0.05) is 97.2 Å². The number of fused-ring (bicyclic) bond motifs is 1. The standard InChI is InChI=1S/C52H68N6O6/c1-30(2)46(55-50(61)63-7)48(59)57-28-32(5)20-44(57)42-22-36(26-53-42)34-12-14-35(15-13-34)38-16-17-39(41-25-52(24-40(38)41)18-10-9-11-19-52)37-23-43(54-27-37)45-21-33(6)29-58(45)49(60)47(31(3)4)56-51(62)64-8/h12-17,26-27,30-33,44-47H,9-11,18-25,28-29H2,1-8H3,(H,55,61)(H,56,62)/t32-,33-,44-,45-,46-,47-/m0/s1. The highest BCUT2D eigenvalue weighted by Gasteiger charge is 2.44. The Labute approximate surface area is 379 Å². The number of nitrogens with zero attached hydrogens (tertiary/aromatic N) is 4. The van der Waals surface area contributed by atoms with Crippen LogP contribution in [0.3, 0.4) is 0 Å². The van der Waals surface area contributed by atoms with Gasteiger partial charge in [0.25, 0.3) is 0 Å². The van der Waals surface area contributed by atoms with Crippen LogP contribution in [0.4, 0.5) is 9.59 Å². The van der Waals surface area contributed by atoms with Crippen LogP contribution in [0.1, 0.15) is 122 Å². The van der Waals surface area contributed by atoms with Crippen molar-refractivity contribution in [2.75, 3.05) is 27.3 Å². The van der Waals surface area contributed by atoms with Crippen molar-refractivity contribution < 1.29 is 28.7 Å². The zero-order chi connectivity index (χ0) is 45.4. The first-order valence-electron chi connectivity index (χ1n) is 23.8. The zero-order valence-corrected chi connectivity index (χ0v) is 39.2. The highest BCUT2D eigenvalue weighted by atomic mass is 16.5. The van der Waals surface area contributed by atoms with Crippen LogP contribution in [0.5, 0.6) is 0 Å². The van der Waals surface area contributed by atoms with E-state index in [0.717, 1.165) is 48.2 Å². The Hall–Kier alpha value is -5.26. The van der Waals surface area contributed by atoms with Crippen LogP contribution in [0.25, 0.3) is 22.3 Å². The molecule has 12 nitrogen and oxygen atoms in total. The van der Waals surface area contributed by atoms with Gasteiger partial charge in [0.15, 0.2) is 0 Å². The van der Waals surface area contributed by atoms with Crippen LogP contribution in [-0.2, 0) is 31.9 Å². The smallest absolute Gasteiger partial charge is 0.407 e. The maximum absolute atomic E-state index is 14.0. The number of amides is 4. The number of rotatable bonds is 11. The van der Waals surface area contributed by atoms with Crippen molar-refractivity contribution in [2.24, 2.45) is 39.1 Å². The third kappa shape index (κ3) is 9.03. The van der Waals surface area contributed by atoms with Gasteiger partial charge in [0.1, 0.15) is 12.1 Å². The number of allylic oxidation sites excluding steroid dienone is 2. The van der Waals surface area contributed by atoms with Crippen LogP contribution in [0.15, 0.2) is 58.8 Å². The lowest BCUT2D eigenvalue weighted by molar-refractivity contribution is -0.135. The van der Waals surface area contributed by atoms with Crippen LogP contribution < -0.4 is 10.6 Å². The van der Waals surface area contributed by atoms with Crippen molar-refractivity contribution in [3.63, 3.8) is 0 Å². The number of likely N-dealkylation sites (tertiary alicyclic amines) is 2. The van der Waals surface area contributed by atoms with E-state index < -0.39 is 24.3 Å². The summed E-state index contributed by atoms with van der Waals surface area (Å²) in [7, 11) is 2.64. The first kappa shape index (κ1) is 45.3. The van der Waals surface area contributed by atoms with E-state index in [2.05, 4.69) is 67.1 Å². The topological polar surface area (TPSA) is 142 Å². The minimum Gasteiger partial charge on any atom is -0.453 e. The number of carbonyl (C=O) groups is 4. The quantitative estimate of drug-likeness (QED) is 0.231. The molecule has 3 fully saturated rings. The molecule has 6 atom stereocenters. The number of ether oxygens (including phenoxy) is 2. The molecule has 0 radical (unpaired) electrons. The molecule has 1 saturated carbocycles. The van der Waals surface area contributed by atoms with E-state index in [9.17, 15) is 19.2 Å². The molecular formula is C52H68N6O6. The molecule has 2 aliphatic carbocycles. The van der Waals surface area contributed by atoms with Gasteiger partial charge in [-0.3, -0.25) is 19.6 Å². The largest absolute Gasteiger partial charge is 0.453 e. The Morgan fingerprint density at radius 2 is 1.09 bits per heavy atom. The number of alkyl carbamates (subject to hydrolysis) is 2. The number of hydrogen-bond donors (Lipinski definition) is 2. The highest BCUT2D eigenvalue weighted by molar-refractivity contribution is 6.05. The Kier molecular flexibility index (Phi) is 13.2. The molecule has 2 aromatic carbocycles. The summed E-state index contributed by atoms with van der Waals surface area (Å²) in [6.45, 7) is 13.4. The molecule has 6 aliphatic rings. The summed E-state index contributed by atoms with van der Waals surface area (Å²) in [5.74, 6) is 0.300. The Bertz CT molecular complexity index is 2270. The molecule has 8 rings (SSSR count). The predicted molar refractivity (Wildman–Crippen MR) is 252 cm³/mol. The average Bonchev–Trinajstić information content (AvgIpc) is 4.14. The van der Waals surface area contributed by atoms with Crippen LogP contribution in [0.2, 0.25) is 0 Å². The van der Waals surface area contributed by atoms with Crippen molar-refractivity contribution in [2.45, 2.75) is 136 Å². The van der Waals surface area contributed by atoms with E-state index in [1.807, 2.05) is 43.7 Å². The lowest BCUT2D eigenvalue weighted by Gasteiger charge is -2.33. The number of methoxy groups -OCH3 is 2. The molecule has 0 unspecified atom stereocenters. The summed E-state index contributed by atoms with van der Waals surface area (Å²) in [6.07, 6.45) is 14.5. The molecule has 4 heterocycles. The number of nitrogens with one attached hydrogen (secondary N) is 2. The molecule has 0 aromatic heterocycles. The van der Waals surface area contributed by atoms with Gasteiger partial charge < -0.3 is 29.9 Å². The normalized spacial score (nSPS) is 24.6. The van der Waals surface area contributed by atoms with Gasteiger partial charge in [-0.2, -0.15) is 0 Å². The Morgan fingerprint density at radius 3 is 1.59 bits per heavy atom. The summed E-state index contributed by atoms with van der Waals surface area (Å²) in [5.41, 5.74) is 12.5. The minimum absolute atomic E-state index is 0.0770. The molecule has 64 heavy (non-hydrogen) atoms. The second kappa shape index (κ2) is 18.7. The van der Waals surface area contributed by atoms with Crippen molar-refractivity contribution in [1.82, 2.24) is 20.4 Å². The second-order valence-electron chi connectivity index (χ2n) is 20.4. The minimum atomic E-state index is -0.669. The third-order valence-corrected chi connectivity index (χ3v) is 15.0. The first-order valence-corrected chi connectivity index (χ1v) is 23.8. The number of aliphatic imine (C=N–C) groups is 2. The summed E-state index contributed by atoms with van der Waals surface area (Å²) in [5, 5.41) is 5.55. The van der Waals surface area contributed by atoms with E-state index in [1.54, 1.807) is 0 Å². The molecule has 342 valence electrons. The highest BCUT2D eigenvalue weighted by Crippen LogP contribution is 2.52. The number of carbonyl (C=O) groups excluding carboxylic acids is 4. The van der Waals surface area contributed by atoms with E-state index in [4.69, 9.17) is 19.5 Å². The molecule has 2 aromatic rings. The Balaban J connectivity index is 0.992. The van der Waals surface area contributed by atoms with E-state index in [0.29, 0.717) is 37.8 Å². The molecule has 1 spiro atoms. The van der Waals surface area contributed by atoms with Gasteiger partial charge in [0, 0.05) is 49.8 Å². The lowest BCUT2D eigenvalue weighted by Crippen LogP contribution is -2.53. The fourth-order valence-corrected chi connectivity index (χ4v) is 11.6. The monoisotopic (exact) mass is 873 g/mol. The zero-order valence-electron chi connectivity index (χ0n) is 39.2. The SMILES string of the molecule is COC(=O)N[C@H](C(=O)N1C[C@@H](C)C[C@H]1C1=NC=C(c2ccc(-c3ccc(C4=CN=C([C@@H]5C[C@H](C)CN5C(=O)[C@@H](NC(=O)OC)C(C)C)C4)c4c3CC3(CCCCC3)C4)cc2)C1)C(C)C. The van der Waals surface area contributed by atoms with E-state index in [-0.39, 0.29) is 41.1 Å². The lowest BCUT2D eigenvalue weighted by atomic mass is 9.72. The van der Waals surface area contributed by atoms with Gasteiger partial charge in [-0.15, -0.1) is 0 Å². The maximum Gasteiger partial charge on any atom is 0.407 e. The molecule has 12 heteroatoms. The van der Waals surface area contributed by atoms with Crippen molar-refractivity contribution >= 4 is 46.6 Å². The summed E-state index contributed by atoms with van der Waals surface area (Å²) in [6, 6.07) is 12.1. The van der Waals surface area contributed by atoms with Gasteiger partial charge >= 0.3 is 12.2 Å². The van der Waals surface area contributed by atoms with Gasteiger partial charge in [-0.25, -0.2) is 9.59 Å². The number of hydrogen-bond acceptors (Lipinski definition) is 8. The van der Waals surface area contributed by atoms with Gasteiger partial charge in [-0.05, 0) is 112 Å². The van der Waals surface area contributed by atoms with Gasteiger partial charge in [0.2, 0.25) is 11.8 Å². The summed E-state index contributed by atoms with van der Waals surface area (Å²) < 4.78 is 9.70. The Morgan fingerprint density at radius 1 is 0.641 bits per heavy atom. The molecule has 2 saturated heterocycles. The van der Waals surface area contributed by atoms with Crippen molar-refractivity contribution in [3.8, 4) is 11.1 Å².